The van der Waals surface area contributed by atoms with Crippen LogP contribution in [0.3, 0.4) is 0 Å². The molecule has 2 fully saturated rings. The minimum absolute atomic E-state index is 0.143. The number of nitrogens with zero attached hydrogens (tertiary/aromatic N) is 4. The summed E-state index contributed by atoms with van der Waals surface area (Å²) in [6.07, 6.45) is 3.77. The average molecular weight is 383 g/mol. The van der Waals surface area contributed by atoms with E-state index in [-0.39, 0.29) is 5.82 Å². The molecule has 2 aliphatic rings. The number of para-hydroxylation sites is 1. The van der Waals surface area contributed by atoms with Crippen molar-refractivity contribution in [1.29, 1.82) is 0 Å². The molecule has 2 saturated heterocycles. The van der Waals surface area contributed by atoms with Crippen LogP contribution in [0, 0.1) is 5.82 Å². The molecule has 2 N–H and O–H groups in total. The van der Waals surface area contributed by atoms with Crippen LogP contribution in [0.4, 0.5) is 15.9 Å². The zero-order chi connectivity index (χ0) is 19.5. The molecule has 1 aromatic carbocycles. The van der Waals surface area contributed by atoms with Crippen molar-refractivity contribution in [3.05, 3.63) is 54.0 Å². The molecule has 0 spiro atoms. The minimum atomic E-state index is -0.439. The van der Waals surface area contributed by atoms with E-state index in [1.165, 1.54) is 6.07 Å². The molecule has 148 valence electrons. The fourth-order valence-corrected chi connectivity index (χ4v) is 4.32. The van der Waals surface area contributed by atoms with Gasteiger partial charge in [0.25, 0.3) is 5.91 Å². The number of halogens is 1. The summed E-state index contributed by atoms with van der Waals surface area (Å²) >= 11 is 0. The maximum atomic E-state index is 14.0. The predicted molar refractivity (Wildman–Crippen MR) is 108 cm³/mol. The molecule has 2 aromatic rings. The van der Waals surface area contributed by atoms with Crippen LogP contribution in [-0.4, -0.2) is 61.1 Å². The van der Waals surface area contributed by atoms with Gasteiger partial charge in [0.2, 0.25) is 0 Å². The second-order valence-electron chi connectivity index (χ2n) is 7.43. The summed E-state index contributed by atoms with van der Waals surface area (Å²) in [7, 11) is 0. The normalized spacial score (nSPS) is 19.0. The highest BCUT2D eigenvalue weighted by Gasteiger charge is 2.29. The molecule has 3 heterocycles. The van der Waals surface area contributed by atoms with Crippen LogP contribution in [0.25, 0.3) is 0 Å². The summed E-state index contributed by atoms with van der Waals surface area (Å²) in [5.74, 6) is 0.102. The Morgan fingerprint density at radius 2 is 1.68 bits per heavy atom. The number of carbonyl (C=O) groups excluding carboxylic acids is 1. The number of pyridine rings is 1. The van der Waals surface area contributed by atoms with Crippen molar-refractivity contribution >= 4 is 17.4 Å². The average Bonchev–Trinajstić information content (AvgIpc) is 2.74. The Balaban J connectivity index is 1.33. The summed E-state index contributed by atoms with van der Waals surface area (Å²) in [6.45, 7) is 5.25. The molecule has 0 saturated carbocycles. The number of hydrogen-bond acceptors (Lipinski definition) is 5. The van der Waals surface area contributed by atoms with Crippen LogP contribution in [-0.2, 0) is 0 Å². The largest absolute Gasteiger partial charge is 0.369 e. The number of piperidine rings is 1. The number of amides is 1. The van der Waals surface area contributed by atoms with E-state index in [1.54, 1.807) is 24.4 Å². The lowest BCUT2D eigenvalue weighted by atomic mass is 10.0. The van der Waals surface area contributed by atoms with E-state index in [1.807, 2.05) is 12.1 Å². The van der Waals surface area contributed by atoms with E-state index in [2.05, 4.69) is 19.7 Å². The number of hydrogen-bond donors (Lipinski definition) is 1. The summed E-state index contributed by atoms with van der Waals surface area (Å²) < 4.78 is 14.0. The van der Waals surface area contributed by atoms with Gasteiger partial charge in [-0.15, -0.1) is 0 Å². The molecule has 0 unspecified atom stereocenters. The van der Waals surface area contributed by atoms with Gasteiger partial charge >= 0.3 is 0 Å². The number of anilines is 2. The number of piperazine rings is 1. The van der Waals surface area contributed by atoms with Gasteiger partial charge in [-0.1, -0.05) is 12.1 Å². The molecule has 1 amide bonds. The Morgan fingerprint density at radius 3 is 2.36 bits per heavy atom. The van der Waals surface area contributed by atoms with E-state index >= 15 is 0 Å². The van der Waals surface area contributed by atoms with Gasteiger partial charge in [-0.25, -0.2) is 9.37 Å². The first-order chi connectivity index (χ1) is 13.6. The van der Waals surface area contributed by atoms with Crippen molar-refractivity contribution in [1.82, 2.24) is 9.88 Å². The molecule has 1 aromatic heterocycles. The quantitative estimate of drug-likeness (QED) is 0.876. The third kappa shape index (κ3) is 3.80. The zero-order valence-corrected chi connectivity index (χ0v) is 15.9. The molecule has 0 atom stereocenters. The zero-order valence-electron chi connectivity index (χ0n) is 15.9. The Bertz CT molecular complexity index is 829. The van der Waals surface area contributed by atoms with Crippen LogP contribution < -0.4 is 15.5 Å². The Labute approximate surface area is 164 Å². The molecule has 28 heavy (non-hydrogen) atoms. The van der Waals surface area contributed by atoms with Gasteiger partial charge in [-0.05, 0) is 37.1 Å². The Hall–Kier alpha value is -2.67. The first kappa shape index (κ1) is 18.7. The molecule has 0 bridgehead atoms. The lowest BCUT2D eigenvalue weighted by molar-refractivity contribution is 0.1000. The number of benzene rings is 1. The van der Waals surface area contributed by atoms with Gasteiger partial charge in [0.1, 0.15) is 11.6 Å². The summed E-state index contributed by atoms with van der Waals surface area (Å²) in [6, 6.07) is 11.0. The number of rotatable bonds is 4. The summed E-state index contributed by atoms with van der Waals surface area (Å²) in [4.78, 5) is 22.8. The minimum Gasteiger partial charge on any atom is -0.369 e. The third-order valence-electron chi connectivity index (χ3n) is 5.84. The first-order valence-electron chi connectivity index (χ1n) is 9.87. The maximum Gasteiger partial charge on any atom is 0.252 e. The summed E-state index contributed by atoms with van der Waals surface area (Å²) in [5, 5.41) is 0. The smallest absolute Gasteiger partial charge is 0.252 e. The first-order valence-corrected chi connectivity index (χ1v) is 9.87. The Morgan fingerprint density at radius 1 is 0.964 bits per heavy atom. The van der Waals surface area contributed by atoms with Gasteiger partial charge in [0.05, 0.1) is 11.3 Å². The standard InChI is InChI=1S/C21H26FN5O/c22-18-5-1-2-6-19(18)26-10-7-16(8-11-26)25-12-14-27(15-13-25)21-17(20(23)28)4-3-9-24-21/h1-6,9,16H,7-8,10-15H2,(H2,23,28). The van der Waals surface area contributed by atoms with Gasteiger partial charge in [0, 0.05) is 51.5 Å². The lowest BCUT2D eigenvalue weighted by Gasteiger charge is -2.43. The van der Waals surface area contributed by atoms with E-state index in [0.29, 0.717) is 23.1 Å². The molecule has 7 heteroatoms. The van der Waals surface area contributed by atoms with Gasteiger partial charge in [-0.3, -0.25) is 9.69 Å². The van der Waals surface area contributed by atoms with Crippen molar-refractivity contribution in [2.24, 2.45) is 5.73 Å². The van der Waals surface area contributed by atoms with Crippen LogP contribution in [0.2, 0.25) is 0 Å². The number of carbonyl (C=O) groups is 1. The fraction of sp³-hybridized carbons (Fsp3) is 0.429. The predicted octanol–water partition coefficient (Wildman–Crippen LogP) is 2.11. The highest BCUT2D eigenvalue weighted by Crippen LogP contribution is 2.26. The third-order valence-corrected chi connectivity index (χ3v) is 5.84. The molecule has 6 nitrogen and oxygen atoms in total. The van der Waals surface area contributed by atoms with Crippen LogP contribution in [0.1, 0.15) is 23.2 Å². The van der Waals surface area contributed by atoms with Crippen molar-refractivity contribution in [2.45, 2.75) is 18.9 Å². The maximum absolute atomic E-state index is 14.0. The van der Waals surface area contributed by atoms with E-state index in [9.17, 15) is 9.18 Å². The van der Waals surface area contributed by atoms with E-state index < -0.39 is 5.91 Å². The molecule has 0 aliphatic carbocycles. The van der Waals surface area contributed by atoms with E-state index in [4.69, 9.17) is 5.73 Å². The second-order valence-corrected chi connectivity index (χ2v) is 7.43. The van der Waals surface area contributed by atoms with Crippen LogP contribution in [0.15, 0.2) is 42.6 Å². The SMILES string of the molecule is NC(=O)c1cccnc1N1CCN(C2CCN(c3ccccc3F)CC2)CC1. The van der Waals surface area contributed by atoms with Crippen molar-refractivity contribution in [3.63, 3.8) is 0 Å². The second kappa shape index (κ2) is 8.14. The van der Waals surface area contributed by atoms with Gasteiger partial charge in [0.15, 0.2) is 0 Å². The summed E-state index contributed by atoms with van der Waals surface area (Å²) in [5.41, 5.74) is 6.68. The Kier molecular flexibility index (Phi) is 5.43. The molecule has 0 radical (unpaired) electrons. The molecule has 4 rings (SSSR count). The van der Waals surface area contributed by atoms with Crippen molar-refractivity contribution in [2.75, 3.05) is 49.1 Å². The highest BCUT2D eigenvalue weighted by atomic mass is 19.1. The lowest BCUT2D eigenvalue weighted by Crippen LogP contribution is -2.53. The van der Waals surface area contributed by atoms with Crippen molar-refractivity contribution in [3.8, 4) is 0 Å². The highest BCUT2D eigenvalue weighted by molar-refractivity contribution is 5.97. The van der Waals surface area contributed by atoms with Gasteiger partial charge < -0.3 is 15.5 Å². The molecule has 2 aliphatic heterocycles. The van der Waals surface area contributed by atoms with Crippen molar-refractivity contribution < 1.29 is 9.18 Å². The van der Waals surface area contributed by atoms with Crippen LogP contribution in [0.5, 0.6) is 0 Å². The number of nitrogens with two attached hydrogens (primary N) is 1. The number of aromatic nitrogens is 1. The molecular formula is C21H26FN5O. The monoisotopic (exact) mass is 383 g/mol. The van der Waals surface area contributed by atoms with Gasteiger partial charge in [-0.2, -0.15) is 0 Å². The number of primary amides is 1. The topological polar surface area (TPSA) is 65.7 Å². The molecular weight excluding hydrogens is 357 g/mol. The fourth-order valence-electron chi connectivity index (χ4n) is 4.32. The van der Waals surface area contributed by atoms with Crippen LogP contribution >= 0.6 is 0 Å². The van der Waals surface area contributed by atoms with E-state index in [0.717, 1.165) is 52.1 Å².